The van der Waals surface area contributed by atoms with Gasteiger partial charge in [-0.05, 0) is 30.0 Å². The van der Waals surface area contributed by atoms with Crippen molar-refractivity contribution >= 4 is 11.6 Å². The maximum atomic E-state index is 12.3. The van der Waals surface area contributed by atoms with Crippen LogP contribution in [0.3, 0.4) is 0 Å². The number of anilines is 1. The van der Waals surface area contributed by atoms with Gasteiger partial charge in [0.25, 0.3) is 0 Å². The highest BCUT2D eigenvalue weighted by atomic mass is 16.1. The summed E-state index contributed by atoms with van der Waals surface area (Å²) in [7, 11) is 0. The summed E-state index contributed by atoms with van der Waals surface area (Å²) >= 11 is 0. The van der Waals surface area contributed by atoms with E-state index in [1.165, 1.54) is 0 Å². The lowest BCUT2D eigenvalue weighted by Crippen LogP contribution is -2.51. The molecule has 3 heteroatoms. The van der Waals surface area contributed by atoms with Gasteiger partial charge in [-0.2, -0.15) is 0 Å². The van der Waals surface area contributed by atoms with Gasteiger partial charge in [-0.25, -0.2) is 0 Å². The predicted molar refractivity (Wildman–Crippen MR) is 87.0 cm³/mol. The average molecular weight is 282 g/mol. The number of rotatable bonds is 5. The van der Waals surface area contributed by atoms with Crippen LogP contribution < -0.4 is 11.1 Å². The van der Waals surface area contributed by atoms with Crippen molar-refractivity contribution in [1.29, 1.82) is 0 Å². The molecule has 0 radical (unpaired) electrons. The third kappa shape index (κ3) is 2.77. The maximum Gasteiger partial charge on any atom is 0.248 e. The zero-order chi connectivity index (χ0) is 15.5. The van der Waals surface area contributed by atoms with Crippen LogP contribution in [0, 0.1) is 12.8 Å². The molecule has 1 amide bonds. The van der Waals surface area contributed by atoms with Gasteiger partial charge >= 0.3 is 0 Å². The van der Waals surface area contributed by atoms with Gasteiger partial charge in [-0.1, -0.05) is 62.4 Å². The second-order valence-corrected chi connectivity index (χ2v) is 5.63. The summed E-state index contributed by atoms with van der Waals surface area (Å²) < 4.78 is 0. The Kier molecular flexibility index (Phi) is 4.32. The molecule has 2 aromatic rings. The van der Waals surface area contributed by atoms with Crippen LogP contribution in [0.15, 0.2) is 54.6 Å². The summed E-state index contributed by atoms with van der Waals surface area (Å²) in [5, 5.41) is 3.40. The molecule has 0 saturated carbocycles. The lowest BCUT2D eigenvalue weighted by molar-refractivity contribution is -0.124. The Balaban J connectivity index is 2.56. The van der Waals surface area contributed by atoms with Crippen LogP contribution in [0.2, 0.25) is 0 Å². The highest BCUT2D eigenvalue weighted by Gasteiger charge is 2.41. The molecule has 0 saturated heterocycles. The fraction of sp³-hybridized carbons (Fsp3) is 0.278. The second kappa shape index (κ2) is 6.00. The zero-order valence-electron chi connectivity index (χ0n) is 12.8. The summed E-state index contributed by atoms with van der Waals surface area (Å²) in [4.78, 5) is 12.3. The van der Waals surface area contributed by atoms with E-state index in [2.05, 4.69) is 5.32 Å². The first-order chi connectivity index (χ1) is 9.98. The summed E-state index contributed by atoms with van der Waals surface area (Å²) in [6.07, 6.45) is 0. The van der Waals surface area contributed by atoms with Crippen LogP contribution in [0.25, 0.3) is 0 Å². The molecule has 1 atom stereocenters. The van der Waals surface area contributed by atoms with Gasteiger partial charge in [0, 0.05) is 5.69 Å². The van der Waals surface area contributed by atoms with E-state index in [9.17, 15) is 4.79 Å². The first-order valence-electron chi connectivity index (χ1n) is 7.17. The number of carbonyl (C=O) groups excluding carboxylic acids is 1. The lowest BCUT2D eigenvalue weighted by Gasteiger charge is -2.37. The molecule has 0 aliphatic carbocycles. The van der Waals surface area contributed by atoms with E-state index < -0.39 is 5.54 Å². The smallest absolute Gasteiger partial charge is 0.248 e. The van der Waals surface area contributed by atoms with Gasteiger partial charge < -0.3 is 11.1 Å². The molecule has 0 bridgehead atoms. The van der Waals surface area contributed by atoms with Gasteiger partial charge in [-0.15, -0.1) is 0 Å². The molecule has 0 aliphatic rings. The molecule has 2 aromatic carbocycles. The third-order valence-electron chi connectivity index (χ3n) is 3.96. The van der Waals surface area contributed by atoms with Crippen molar-refractivity contribution in [1.82, 2.24) is 0 Å². The topological polar surface area (TPSA) is 55.1 Å². The van der Waals surface area contributed by atoms with E-state index in [0.29, 0.717) is 0 Å². The molecular weight excluding hydrogens is 260 g/mol. The summed E-state index contributed by atoms with van der Waals surface area (Å²) in [5.74, 6) is -0.357. The number of benzene rings is 2. The molecule has 0 fully saturated rings. The van der Waals surface area contributed by atoms with E-state index in [-0.39, 0.29) is 11.8 Å². The van der Waals surface area contributed by atoms with Crippen molar-refractivity contribution < 1.29 is 4.79 Å². The van der Waals surface area contributed by atoms with Crippen molar-refractivity contribution in [2.24, 2.45) is 11.7 Å². The molecule has 1 unspecified atom stereocenters. The Morgan fingerprint density at radius 1 is 1.05 bits per heavy atom. The van der Waals surface area contributed by atoms with Crippen LogP contribution in [-0.4, -0.2) is 5.91 Å². The maximum absolute atomic E-state index is 12.3. The first kappa shape index (κ1) is 15.1. The minimum atomic E-state index is -0.923. The number of amides is 1. The summed E-state index contributed by atoms with van der Waals surface area (Å²) in [6, 6.07) is 17.6. The summed E-state index contributed by atoms with van der Waals surface area (Å²) in [6.45, 7) is 6.02. The molecule has 2 rings (SSSR count). The third-order valence-corrected chi connectivity index (χ3v) is 3.96. The number of nitrogens with one attached hydrogen (secondary N) is 1. The Bertz CT molecular complexity index is 622. The number of hydrogen-bond donors (Lipinski definition) is 2. The number of para-hydroxylation sites is 1. The van der Waals surface area contributed by atoms with E-state index in [1.54, 1.807) is 0 Å². The molecule has 110 valence electrons. The van der Waals surface area contributed by atoms with Crippen LogP contribution >= 0.6 is 0 Å². The molecule has 0 spiro atoms. The van der Waals surface area contributed by atoms with E-state index in [4.69, 9.17) is 5.73 Å². The zero-order valence-corrected chi connectivity index (χ0v) is 12.8. The highest BCUT2D eigenvalue weighted by Crippen LogP contribution is 2.34. The minimum absolute atomic E-state index is 0.0111. The first-order valence-corrected chi connectivity index (χ1v) is 7.17. The normalized spacial score (nSPS) is 13.7. The van der Waals surface area contributed by atoms with Crippen molar-refractivity contribution in [3.05, 3.63) is 65.7 Å². The minimum Gasteiger partial charge on any atom is -0.367 e. The van der Waals surface area contributed by atoms with E-state index >= 15 is 0 Å². The Labute approximate surface area is 126 Å². The Morgan fingerprint density at radius 2 is 1.62 bits per heavy atom. The average Bonchev–Trinajstić information content (AvgIpc) is 2.46. The standard InChI is InChI=1S/C18H22N2O/c1-13(2)18(17(19)21,15-10-5-4-6-11-15)20-16-12-8-7-9-14(16)3/h4-13,20H,1-3H3,(H2,19,21). The fourth-order valence-corrected chi connectivity index (χ4v) is 2.66. The molecule has 3 N–H and O–H groups in total. The summed E-state index contributed by atoms with van der Waals surface area (Å²) in [5.41, 5.74) is 7.77. The van der Waals surface area contributed by atoms with Crippen molar-refractivity contribution in [2.75, 3.05) is 5.32 Å². The second-order valence-electron chi connectivity index (χ2n) is 5.63. The SMILES string of the molecule is Cc1ccccc1NC(C(N)=O)(c1ccccc1)C(C)C. The van der Waals surface area contributed by atoms with Gasteiger partial charge in [0.2, 0.25) is 5.91 Å². The number of hydrogen-bond acceptors (Lipinski definition) is 2. The monoisotopic (exact) mass is 282 g/mol. The number of carbonyl (C=O) groups is 1. The number of primary amides is 1. The predicted octanol–water partition coefficient (Wildman–Crippen LogP) is 3.44. The highest BCUT2D eigenvalue weighted by molar-refractivity contribution is 5.90. The van der Waals surface area contributed by atoms with Gasteiger partial charge in [-0.3, -0.25) is 4.79 Å². The molecule has 3 nitrogen and oxygen atoms in total. The molecular formula is C18H22N2O. The lowest BCUT2D eigenvalue weighted by atomic mass is 9.78. The fourth-order valence-electron chi connectivity index (χ4n) is 2.66. The molecule has 0 heterocycles. The molecule has 0 aromatic heterocycles. The molecule has 0 aliphatic heterocycles. The van der Waals surface area contributed by atoms with Gasteiger partial charge in [0.05, 0.1) is 0 Å². The van der Waals surface area contributed by atoms with Crippen molar-refractivity contribution in [3.63, 3.8) is 0 Å². The van der Waals surface area contributed by atoms with Crippen LogP contribution in [0.5, 0.6) is 0 Å². The Hall–Kier alpha value is -2.29. The largest absolute Gasteiger partial charge is 0.367 e. The van der Waals surface area contributed by atoms with E-state index in [1.807, 2.05) is 75.4 Å². The van der Waals surface area contributed by atoms with E-state index in [0.717, 1.165) is 16.8 Å². The van der Waals surface area contributed by atoms with Crippen molar-refractivity contribution in [3.8, 4) is 0 Å². The molecule has 21 heavy (non-hydrogen) atoms. The Morgan fingerprint density at radius 3 is 2.14 bits per heavy atom. The van der Waals surface area contributed by atoms with Gasteiger partial charge in [0.1, 0.15) is 5.54 Å². The van der Waals surface area contributed by atoms with Crippen LogP contribution in [0.4, 0.5) is 5.69 Å². The number of nitrogens with two attached hydrogens (primary N) is 1. The van der Waals surface area contributed by atoms with Crippen LogP contribution in [0.1, 0.15) is 25.0 Å². The van der Waals surface area contributed by atoms with Crippen molar-refractivity contribution in [2.45, 2.75) is 26.3 Å². The van der Waals surface area contributed by atoms with Gasteiger partial charge in [0.15, 0.2) is 0 Å². The number of aryl methyl sites for hydroxylation is 1. The quantitative estimate of drug-likeness (QED) is 0.882. The van der Waals surface area contributed by atoms with Crippen LogP contribution in [-0.2, 0) is 10.3 Å².